The van der Waals surface area contributed by atoms with Gasteiger partial charge in [-0.25, -0.2) is 10.5 Å². The van der Waals surface area contributed by atoms with E-state index in [0.29, 0.717) is 16.9 Å². The molecule has 0 saturated heterocycles. The lowest BCUT2D eigenvalue weighted by atomic mass is 10.3. The fraction of sp³-hybridized carbons (Fsp3) is 0.125. The normalized spacial score (nSPS) is 11.0. The highest BCUT2D eigenvalue weighted by Gasteiger charge is 2.09. The topological polar surface area (TPSA) is 108 Å². The number of para-hydroxylation sites is 1. The van der Waals surface area contributed by atoms with Crippen LogP contribution in [-0.4, -0.2) is 39.3 Å². The minimum Gasteiger partial charge on any atom is -0.463 e. The van der Waals surface area contributed by atoms with E-state index < -0.39 is 0 Å². The molecule has 1 aromatic carbocycles. The molecule has 0 spiro atoms. The van der Waals surface area contributed by atoms with Gasteiger partial charge in [0.2, 0.25) is 17.0 Å². The Labute approximate surface area is 158 Å². The van der Waals surface area contributed by atoms with Crippen LogP contribution >= 0.6 is 23.5 Å². The fourth-order valence-corrected chi connectivity index (χ4v) is 3.10. The molecule has 0 atom stereocenters. The number of aromatic amines is 1. The van der Waals surface area contributed by atoms with E-state index in [1.807, 2.05) is 30.5 Å². The van der Waals surface area contributed by atoms with Crippen LogP contribution in [0.1, 0.15) is 5.76 Å². The molecule has 134 valence electrons. The molecule has 26 heavy (non-hydrogen) atoms. The molecule has 3 aromatic rings. The van der Waals surface area contributed by atoms with Gasteiger partial charge in [0, 0.05) is 4.90 Å². The van der Waals surface area contributed by atoms with Crippen molar-refractivity contribution < 1.29 is 9.21 Å². The lowest BCUT2D eigenvalue weighted by molar-refractivity contribution is -0.113. The molecule has 0 unspecified atom stereocenters. The van der Waals surface area contributed by atoms with Gasteiger partial charge in [-0.2, -0.15) is 10.1 Å². The third-order valence-electron chi connectivity index (χ3n) is 3.08. The van der Waals surface area contributed by atoms with Crippen LogP contribution in [0.5, 0.6) is 0 Å². The van der Waals surface area contributed by atoms with E-state index in [1.165, 1.54) is 18.0 Å². The van der Waals surface area contributed by atoms with Gasteiger partial charge in [0.1, 0.15) is 5.76 Å². The van der Waals surface area contributed by atoms with Gasteiger partial charge in [0.25, 0.3) is 0 Å². The van der Waals surface area contributed by atoms with E-state index in [1.54, 1.807) is 30.2 Å². The molecule has 2 heterocycles. The molecular weight excluding hydrogens is 372 g/mol. The van der Waals surface area contributed by atoms with Crippen LogP contribution in [0.3, 0.4) is 0 Å². The second-order valence-corrected chi connectivity index (χ2v) is 6.68. The van der Waals surface area contributed by atoms with E-state index in [9.17, 15) is 4.79 Å². The smallest absolute Gasteiger partial charge is 0.240 e. The number of thioether (sulfide) groups is 2. The predicted octanol–water partition coefficient (Wildman–Crippen LogP) is 3.30. The Morgan fingerprint density at radius 2 is 2.23 bits per heavy atom. The van der Waals surface area contributed by atoms with Crippen molar-refractivity contribution in [1.82, 2.24) is 15.2 Å². The Bertz CT molecular complexity index is 879. The zero-order valence-electron chi connectivity index (χ0n) is 13.8. The maximum absolute atomic E-state index is 12.1. The second-order valence-electron chi connectivity index (χ2n) is 4.89. The maximum Gasteiger partial charge on any atom is 0.240 e. The number of aromatic nitrogens is 3. The zero-order valence-corrected chi connectivity index (χ0v) is 15.4. The second kappa shape index (κ2) is 9.11. The number of hydrazone groups is 1. The Hall–Kier alpha value is -2.72. The highest BCUT2D eigenvalue weighted by Crippen LogP contribution is 2.25. The molecule has 0 saturated carbocycles. The summed E-state index contributed by atoms with van der Waals surface area (Å²) in [5.41, 5.74) is 3.51. The average Bonchev–Trinajstić information content (AvgIpc) is 3.33. The van der Waals surface area contributed by atoms with Gasteiger partial charge in [-0.15, -0.1) is 16.9 Å². The monoisotopic (exact) mass is 388 g/mol. The highest BCUT2D eigenvalue weighted by atomic mass is 32.2. The summed E-state index contributed by atoms with van der Waals surface area (Å²) in [6.07, 6.45) is 5.05. The van der Waals surface area contributed by atoms with Crippen LogP contribution < -0.4 is 10.7 Å². The number of furan rings is 1. The SMILES string of the molecule is CSc1ccccc1NC(=O)CSc1n[nH]c(N/N=C\c2ccco2)n1. The van der Waals surface area contributed by atoms with Gasteiger partial charge < -0.3 is 9.73 Å². The number of nitrogens with one attached hydrogen (secondary N) is 3. The maximum atomic E-state index is 12.1. The van der Waals surface area contributed by atoms with Crippen molar-refractivity contribution in [3.8, 4) is 0 Å². The Kier molecular flexibility index (Phi) is 6.34. The summed E-state index contributed by atoms with van der Waals surface area (Å²) in [5, 5.41) is 14.1. The first kappa shape index (κ1) is 18.1. The van der Waals surface area contributed by atoms with Gasteiger partial charge in [0.05, 0.1) is 23.9 Å². The zero-order chi connectivity index (χ0) is 18.2. The molecule has 0 aliphatic carbocycles. The van der Waals surface area contributed by atoms with Crippen molar-refractivity contribution in [2.45, 2.75) is 10.1 Å². The first-order chi connectivity index (χ1) is 12.7. The quantitative estimate of drug-likeness (QED) is 0.309. The molecule has 2 aromatic heterocycles. The molecule has 3 rings (SSSR count). The van der Waals surface area contributed by atoms with Crippen molar-refractivity contribution in [1.29, 1.82) is 0 Å². The van der Waals surface area contributed by atoms with Crippen LogP contribution in [-0.2, 0) is 4.79 Å². The van der Waals surface area contributed by atoms with E-state index >= 15 is 0 Å². The van der Waals surface area contributed by atoms with Crippen LogP contribution in [0.25, 0.3) is 0 Å². The minimum atomic E-state index is -0.119. The molecule has 0 radical (unpaired) electrons. The third-order valence-corrected chi connectivity index (χ3v) is 4.73. The summed E-state index contributed by atoms with van der Waals surface area (Å²) >= 11 is 2.81. The van der Waals surface area contributed by atoms with Crippen LogP contribution in [0.2, 0.25) is 0 Å². The number of hydrogen-bond acceptors (Lipinski definition) is 8. The van der Waals surface area contributed by atoms with Crippen LogP contribution in [0.4, 0.5) is 11.6 Å². The molecule has 8 nitrogen and oxygen atoms in total. The van der Waals surface area contributed by atoms with Crippen molar-refractivity contribution in [2.75, 3.05) is 22.8 Å². The molecular formula is C16H16N6O2S2. The summed E-state index contributed by atoms with van der Waals surface area (Å²) in [4.78, 5) is 17.3. The van der Waals surface area contributed by atoms with E-state index in [2.05, 4.69) is 31.0 Å². The Balaban J connectivity index is 1.47. The van der Waals surface area contributed by atoms with E-state index in [0.717, 1.165) is 10.6 Å². The number of nitrogens with zero attached hydrogens (tertiary/aromatic N) is 3. The fourth-order valence-electron chi connectivity index (χ4n) is 1.95. The summed E-state index contributed by atoms with van der Waals surface area (Å²) in [5.74, 6) is 1.08. The number of amides is 1. The molecule has 3 N–H and O–H groups in total. The summed E-state index contributed by atoms with van der Waals surface area (Å²) < 4.78 is 5.12. The van der Waals surface area contributed by atoms with Crippen molar-refractivity contribution in [3.63, 3.8) is 0 Å². The van der Waals surface area contributed by atoms with Crippen molar-refractivity contribution in [3.05, 3.63) is 48.4 Å². The lowest BCUT2D eigenvalue weighted by Crippen LogP contribution is -2.14. The molecule has 0 aliphatic heterocycles. The summed E-state index contributed by atoms with van der Waals surface area (Å²) in [6.45, 7) is 0. The molecule has 0 aliphatic rings. The predicted molar refractivity (Wildman–Crippen MR) is 104 cm³/mol. The standard InChI is InChI=1S/C16H16N6O2S2/c1-25-13-7-3-2-6-12(13)18-14(23)10-26-16-19-15(21-22-16)20-17-9-11-5-4-8-24-11/h2-9H,10H2,1H3,(H,18,23)(H2,19,20,21,22)/b17-9-. The molecule has 10 heteroatoms. The van der Waals surface area contributed by atoms with Gasteiger partial charge in [-0.1, -0.05) is 23.9 Å². The number of carbonyl (C=O) groups excluding carboxylic acids is 1. The van der Waals surface area contributed by atoms with E-state index in [-0.39, 0.29) is 11.7 Å². The highest BCUT2D eigenvalue weighted by molar-refractivity contribution is 7.99. The first-order valence-electron chi connectivity index (χ1n) is 7.55. The molecule has 1 amide bonds. The van der Waals surface area contributed by atoms with Gasteiger partial charge >= 0.3 is 0 Å². The molecule has 0 bridgehead atoms. The van der Waals surface area contributed by atoms with Crippen LogP contribution in [0.15, 0.2) is 62.2 Å². The van der Waals surface area contributed by atoms with Crippen LogP contribution in [0, 0.1) is 0 Å². The van der Waals surface area contributed by atoms with Gasteiger partial charge in [-0.05, 0) is 30.5 Å². The third kappa shape index (κ3) is 5.14. The summed E-state index contributed by atoms with van der Waals surface area (Å²) in [7, 11) is 0. The van der Waals surface area contributed by atoms with Crippen molar-refractivity contribution >= 4 is 47.3 Å². The minimum absolute atomic E-state index is 0.119. The lowest BCUT2D eigenvalue weighted by Gasteiger charge is -2.08. The number of hydrogen-bond donors (Lipinski definition) is 3. The number of H-pyrrole nitrogens is 1. The van der Waals surface area contributed by atoms with Gasteiger partial charge in [-0.3, -0.25) is 4.79 Å². The average molecular weight is 388 g/mol. The number of carbonyl (C=O) groups is 1. The largest absolute Gasteiger partial charge is 0.463 e. The van der Waals surface area contributed by atoms with Crippen molar-refractivity contribution in [2.24, 2.45) is 5.10 Å². The molecule has 0 fully saturated rings. The van der Waals surface area contributed by atoms with E-state index in [4.69, 9.17) is 4.42 Å². The number of benzene rings is 1. The number of anilines is 2. The number of rotatable bonds is 8. The summed E-state index contributed by atoms with van der Waals surface area (Å²) in [6, 6.07) is 11.2. The van der Waals surface area contributed by atoms with Gasteiger partial charge in [0.15, 0.2) is 0 Å². The first-order valence-corrected chi connectivity index (χ1v) is 9.76. The Morgan fingerprint density at radius 1 is 1.35 bits per heavy atom. The Morgan fingerprint density at radius 3 is 3.04 bits per heavy atom.